The molecule has 0 aliphatic heterocycles. The number of carboxylic acids is 1. The molecule has 0 atom stereocenters. The molecule has 3 aromatic rings. The van der Waals surface area contributed by atoms with Crippen molar-refractivity contribution in [1.29, 1.82) is 0 Å². The number of hydrogen-bond donors (Lipinski definition) is 3. The third kappa shape index (κ3) is 7.80. The number of nitrogens with one attached hydrogen (secondary N) is 2. The first-order valence-corrected chi connectivity index (χ1v) is 12.4. The lowest BCUT2D eigenvalue weighted by atomic mass is 9.91. The fourth-order valence-electron chi connectivity index (χ4n) is 4.19. The molecule has 1 amide bonds. The summed E-state index contributed by atoms with van der Waals surface area (Å²) in [5, 5.41) is 14.9. The maximum absolute atomic E-state index is 12.6. The molecule has 11 heteroatoms. The smallest absolute Gasteiger partial charge is 0.475 e. The van der Waals surface area contributed by atoms with Gasteiger partial charge in [-0.15, -0.1) is 0 Å². The van der Waals surface area contributed by atoms with E-state index in [1.165, 1.54) is 5.56 Å². The molecule has 0 spiro atoms. The van der Waals surface area contributed by atoms with Crippen LogP contribution in [0.2, 0.25) is 0 Å². The van der Waals surface area contributed by atoms with Crippen LogP contribution in [-0.4, -0.2) is 59.3 Å². The molecule has 1 fully saturated rings. The van der Waals surface area contributed by atoms with Crippen LogP contribution in [0.3, 0.4) is 0 Å². The molecule has 1 saturated carbocycles. The van der Waals surface area contributed by atoms with Crippen LogP contribution in [0.25, 0.3) is 10.9 Å². The second kappa shape index (κ2) is 12.6. The highest BCUT2D eigenvalue weighted by molar-refractivity contribution is 5.94. The summed E-state index contributed by atoms with van der Waals surface area (Å²) in [5.41, 5.74) is 2.92. The number of halogens is 3. The Morgan fingerprint density at radius 1 is 0.974 bits per heavy atom. The van der Waals surface area contributed by atoms with Gasteiger partial charge in [0.1, 0.15) is 5.82 Å². The number of carboxylic acid groups (broad SMARTS) is 1. The zero-order valence-corrected chi connectivity index (χ0v) is 21.5. The first-order chi connectivity index (χ1) is 18.0. The zero-order valence-electron chi connectivity index (χ0n) is 21.5. The van der Waals surface area contributed by atoms with Crippen LogP contribution in [-0.2, 0) is 11.2 Å². The van der Waals surface area contributed by atoms with Gasteiger partial charge in [0.2, 0.25) is 5.95 Å². The number of rotatable bonds is 6. The quantitative estimate of drug-likeness (QED) is 0.409. The Balaban J connectivity index is 0.000000505. The van der Waals surface area contributed by atoms with E-state index in [0.717, 1.165) is 54.4 Å². The first-order valence-electron chi connectivity index (χ1n) is 12.4. The van der Waals surface area contributed by atoms with Gasteiger partial charge in [-0.05, 0) is 61.9 Å². The molecule has 38 heavy (non-hydrogen) atoms. The Morgan fingerprint density at radius 3 is 2.11 bits per heavy atom. The largest absolute Gasteiger partial charge is 0.490 e. The van der Waals surface area contributed by atoms with Gasteiger partial charge in [0.05, 0.1) is 5.52 Å². The van der Waals surface area contributed by atoms with Crippen molar-refractivity contribution in [3.05, 3.63) is 59.7 Å². The third-order valence-corrected chi connectivity index (χ3v) is 6.27. The number of benzene rings is 2. The number of para-hydroxylation sites is 1. The van der Waals surface area contributed by atoms with E-state index in [1.54, 1.807) is 0 Å². The molecule has 4 rings (SSSR count). The highest BCUT2D eigenvalue weighted by Gasteiger charge is 2.38. The Labute approximate surface area is 219 Å². The second-order valence-corrected chi connectivity index (χ2v) is 9.30. The zero-order chi connectivity index (χ0) is 27.9. The highest BCUT2D eigenvalue weighted by atomic mass is 19.4. The van der Waals surface area contributed by atoms with Gasteiger partial charge in [0.25, 0.3) is 5.91 Å². The van der Waals surface area contributed by atoms with Gasteiger partial charge in [-0.25, -0.2) is 9.78 Å². The summed E-state index contributed by atoms with van der Waals surface area (Å²) in [6.07, 6.45) is -0.245. The van der Waals surface area contributed by atoms with E-state index in [4.69, 9.17) is 19.9 Å². The van der Waals surface area contributed by atoms with Crippen LogP contribution in [0.5, 0.6) is 0 Å². The van der Waals surface area contributed by atoms with Crippen molar-refractivity contribution >= 4 is 34.5 Å². The molecule has 1 aromatic heterocycles. The summed E-state index contributed by atoms with van der Waals surface area (Å²) < 4.78 is 31.7. The molecule has 1 aliphatic rings. The fraction of sp³-hybridized carbons (Fsp3) is 0.407. The standard InChI is InChI=1S/C25H31N5O.C2HF3O2/c1-4-17-9-11-18(12-10-17)24(31)26-19-13-15-20(16-14-19)27-25-28-22-8-6-5-7-21(22)23(29-25)30(2)3;3-2(4,5)1(6)7/h5-12,19-20H,4,13-16H2,1-3H3,(H,26,31)(H,27,28,29);(H,6,7). The van der Waals surface area contributed by atoms with Crippen molar-refractivity contribution in [2.75, 3.05) is 24.3 Å². The van der Waals surface area contributed by atoms with E-state index in [-0.39, 0.29) is 11.9 Å². The van der Waals surface area contributed by atoms with Crippen LogP contribution >= 0.6 is 0 Å². The van der Waals surface area contributed by atoms with Crippen LogP contribution in [0, 0.1) is 0 Å². The Kier molecular flexibility index (Phi) is 9.49. The molecule has 0 unspecified atom stereocenters. The summed E-state index contributed by atoms with van der Waals surface area (Å²) in [6, 6.07) is 16.5. The van der Waals surface area contributed by atoms with Crippen LogP contribution < -0.4 is 15.5 Å². The molecule has 0 saturated heterocycles. The third-order valence-electron chi connectivity index (χ3n) is 6.27. The van der Waals surface area contributed by atoms with E-state index in [0.29, 0.717) is 12.0 Å². The SMILES string of the molecule is CCc1ccc(C(=O)NC2CCC(Nc3nc(N(C)C)c4ccccc4n3)CC2)cc1.O=C(O)C(F)(F)F. The molecule has 204 valence electrons. The topological polar surface area (TPSA) is 107 Å². The van der Waals surface area contributed by atoms with Crippen molar-refractivity contribution in [2.24, 2.45) is 0 Å². The van der Waals surface area contributed by atoms with Gasteiger partial charge in [-0.3, -0.25) is 4.79 Å². The summed E-state index contributed by atoms with van der Waals surface area (Å²) >= 11 is 0. The number of amides is 1. The van der Waals surface area contributed by atoms with E-state index >= 15 is 0 Å². The monoisotopic (exact) mass is 531 g/mol. The minimum atomic E-state index is -5.08. The molecule has 3 N–H and O–H groups in total. The van der Waals surface area contributed by atoms with Gasteiger partial charge < -0.3 is 20.6 Å². The number of aryl methyl sites for hydroxylation is 1. The fourth-order valence-corrected chi connectivity index (χ4v) is 4.19. The van der Waals surface area contributed by atoms with Crippen molar-refractivity contribution in [1.82, 2.24) is 15.3 Å². The summed E-state index contributed by atoms with van der Waals surface area (Å²) in [6.45, 7) is 2.12. The van der Waals surface area contributed by atoms with Gasteiger partial charge in [-0.1, -0.05) is 31.2 Å². The number of nitrogens with zero attached hydrogens (tertiary/aromatic N) is 3. The first kappa shape index (κ1) is 28.7. The summed E-state index contributed by atoms with van der Waals surface area (Å²) in [4.78, 5) is 32.9. The molecule has 1 heterocycles. The molecule has 2 aromatic carbocycles. The number of aromatic nitrogens is 2. The van der Waals surface area contributed by atoms with E-state index in [9.17, 15) is 18.0 Å². The lowest BCUT2D eigenvalue weighted by Gasteiger charge is -2.30. The summed E-state index contributed by atoms with van der Waals surface area (Å²) in [5.74, 6) is -1.14. The van der Waals surface area contributed by atoms with Gasteiger partial charge in [0, 0.05) is 37.1 Å². The van der Waals surface area contributed by atoms with Gasteiger partial charge in [0.15, 0.2) is 0 Å². The lowest BCUT2D eigenvalue weighted by molar-refractivity contribution is -0.192. The van der Waals surface area contributed by atoms with Crippen LogP contribution in [0.4, 0.5) is 24.9 Å². The predicted octanol–water partition coefficient (Wildman–Crippen LogP) is 5.04. The van der Waals surface area contributed by atoms with Crippen molar-refractivity contribution in [2.45, 2.75) is 57.3 Å². The number of alkyl halides is 3. The van der Waals surface area contributed by atoms with E-state index in [1.807, 2.05) is 61.5 Å². The molecule has 8 nitrogen and oxygen atoms in total. The van der Waals surface area contributed by atoms with Crippen LogP contribution in [0.1, 0.15) is 48.5 Å². The lowest BCUT2D eigenvalue weighted by Crippen LogP contribution is -2.40. The second-order valence-electron chi connectivity index (χ2n) is 9.30. The Hall–Kier alpha value is -3.89. The Morgan fingerprint density at radius 2 is 1.55 bits per heavy atom. The molecule has 0 radical (unpaired) electrons. The number of carbonyl (C=O) groups excluding carboxylic acids is 1. The number of fused-ring (bicyclic) bond motifs is 1. The maximum atomic E-state index is 12.6. The van der Waals surface area contributed by atoms with Crippen LogP contribution in [0.15, 0.2) is 48.5 Å². The maximum Gasteiger partial charge on any atom is 0.490 e. The number of anilines is 2. The normalized spacial score (nSPS) is 17.2. The average Bonchev–Trinajstić information content (AvgIpc) is 2.89. The molecular weight excluding hydrogens is 499 g/mol. The highest BCUT2D eigenvalue weighted by Crippen LogP contribution is 2.26. The van der Waals surface area contributed by atoms with E-state index < -0.39 is 12.1 Å². The molecule has 0 bridgehead atoms. The minimum Gasteiger partial charge on any atom is -0.475 e. The van der Waals surface area contributed by atoms with Gasteiger partial charge in [-0.2, -0.15) is 18.2 Å². The predicted molar refractivity (Wildman–Crippen MR) is 141 cm³/mol. The summed E-state index contributed by atoms with van der Waals surface area (Å²) in [7, 11) is 4.00. The molecule has 1 aliphatic carbocycles. The van der Waals surface area contributed by atoms with E-state index in [2.05, 4.69) is 23.6 Å². The van der Waals surface area contributed by atoms with Crippen molar-refractivity contribution in [3.63, 3.8) is 0 Å². The van der Waals surface area contributed by atoms with Crippen molar-refractivity contribution < 1.29 is 27.9 Å². The minimum absolute atomic E-state index is 0.0209. The number of aliphatic carboxylic acids is 1. The Bertz CT molecular complexity index is 1240. The average molecular weight is 532 g/mol. The molecular formula is C27H32F3N5O3. The van der Waals surface area contributed by atoms with Gasteiger partial charge >= 0.3 is 12.1 Å². The number of carbonyl (C=O) groups is 2. The number of hydrogen-bond acceptors (Lipinski definition) is 6. The van der Waals surface area contributed by atoms with Crippen molar-refractivity contribution in [3.8, 4) is 0 Å².